The van der Waals surface area contributed by atoms with Crippen LogP contribution in [0.25, 0.3) is 22.5 Å². The SMILES string of the molecule is ClC(Cl)Cl.ClC(Cl)Cl.ClC(Cl)Cl.ClC(Cl)Cl.O=P(c1ccccc1)(c1ccccc1)c1ccccc1-c1cc[nH]n1.O=P(c1ccccc1)(c1ccccc1)c1ccccc1-c1cc[nH]n1.[O-][Cl+3]([O-])([O-])[O-].[O-][Cl+3]([O-])([O-])[O-].[Pd+2]. The number of nitrogens with one attached hydrogen (secondary N) is 2. The van der Waals surface area contributed by atoms with Gasteiger partial charge in [-0.1, -0.05) is 309 Å². The van der Waals surface area contributed by atoms with Gasteiger partial charge in [0.2, 0.25) is 0 Å². The molecule has 0 aliphatic carbocycles. The summed E-state index contributed by atoms with van der Waals surface area (Å²) in [6.45, 7) is 0. The number of H-pyrrole nitrogens is 2. The van der Waals surface area contributed by atoms with Gasteiger partial charge in [-0.3, -0.25) is 10.2 Å². The second-order valence-electron chi connectivity index (χ2n) is 13.3. The van der Waals surface area contributed by atoms with Gasteiger partial charge >= 0.3 is 20.4 Å². The van der Waals surface area contributed by atoms with Gasteiger partial charge in [-0.25, -0.2) is 37.3 Å². The fourth-order valence-corrected chi connectivity index (χ4v) is 11.9. The van der Waals surface area contributed by atoms with Gasteiger partial charge in [0.15, 0.2) is 31.5 Å². The second-order valence-corrected chi connectivity index (χ2v) is 28.2. The molecule has 2 N–H and O–H groups in total. The van der Waals surface area contributed by atoms with Gasteiger partial charge < -0.3 is 9.13 Å². The molecule has 6 aromatic carbocycles. The number of hydrogen-bond donors (Lipinski definition) is 2. The molecule has 0 radical (unpaired) electrons. The van der Waals surface area contributed by atoms with Crippen LogP contribution < -0.4 is 69.1 Å². The third kappa shape index (κ3) is 32.1. The summed E-state index contributed by atoms with van der Waals surface area (Å²) in [7, 11) is -15.9. The first kappa shape index (κ1) is 75.6. The van der Waals surface area contributed by atoms with Crippen LogP contribution in [0.1, 0.15) is 0 Å². The van der Waals surface area contributed by atoms with Gasteiger partial charge in [0.25, 0.3) is 0 Å². The Labute approximate surface area is 521 Å². The smallest absolute Gasteiger partial charge is 0.309 e. The molecule has 0 unspecified atom stereocenters. The molecule has 0 fully saturated rings. The molecule has 31 heteroatoms. The van der Waals surface area contributed by atoms with Crippen LogP contribution in [0.5, 0.6) is 0 Å². The Bertz CT molecular complexity index is 2540. The molecule has 14 nitrogen and oxygen atoms in total. The maximum absolute atomic E-state index is 14.5. The molecular formula is C46H38Cl14N4O10P2Pd. The molecule has 0 aliphatic heterocycles. The van der Waals surface area contributed by atoms with E-state index in [-0.39, 0.29) is 20.4 Å². The summed E-state index contributed by atoms with van der Waals surface area (Å²) in [5.74, 6) is 0. The Morgan fingerprint density at radius 1 is 0.338 bits per heavy atom. The summed E-state index contributed by atoms with van der Waals surface area (Å²) in [5, 5.41) is 19.2. The van der Waals surface area contributed by atoms with Gasteiger partial charge in [0.1, 0.15) is 0 Å². The zero-order valence-electron chi connectivity index (χ0n) is 38.3. The molecule has 0 bridgehead atoms. The summed E-state index contributed by atoms with van der Waals surface area (Å²) in [5.41, 5.74) is 3.37. The first-order chi connectivity index (χ1) is 35.5. The number of aromatic nitrogens is 4. The number of aromatic amines is 2. The Balaban J connectivity index is 0.00000103. The van der Waals surface area contributed by atoms with Crippen LogP contribution in [0.3, 0.4) is 0 Å². The molecule has 0 amide bonds. The van der Waals surface area contributed by atoms with E-state index >= 15 is 0 Å². The van der Waals surface area contributed by atoms with E-state index in [1.165, 1.54) is 0 Å². The van der Waals surface area contributed by atoms with Crippen molar-refractivity contribution < 1.29 is 87.3 Å². The molecule has 0 aliphatic rings. The van der Waals surface area contributed by atoms with Gasteiger partial charge in [-0.2, -0.15) is 10.2 Å². The summed E-state index contributed by atoms with van der Waals surface area (Å²) in [4.78, 5) is 0. The number of alkyl halides is 12. The average molecular weight is 1470 g/mol. The molecule has 0 saturated carbocycles. The number of hydrogen-bond acceptors (Lipinski definition) is 12. The fourth-order valence-electron chi connectivity index (χ4n) is 6.16. The molecular weight excluding hydrogens is 1430 g/mol. The number of nitrogens with zero attached hydrogens (tertiary/aromatic N) is 2. The van der Waals surface area contributed by atoms with E-state index in [4.69, 9.17) is 176 Å². The molecule has 2 aromatic heterocycles. The fraction of sp³-hybridized carbons (Fsp3) is 0.0870. The van der Waals surface area contributed by atoms with Crippen molar-refractivity contribution in [3.63, 3.8) is 0 Å². The van der Waals surface area contributed by atoms with E-state index in [1.54, 1.807) is 12.4 Å². The van der Waals surface area contributed by atoms with Crippen LogP contribution >= 0.6 is 153 Å². The van der Waals surface area contributed by atoms with Crippen LogP contribution in [0.4, 0.5) is 0 Å². The maximum Gasteiger partial charge on any atom is 2.00 e. The number of halogens is 14. The van der Waals surface area contributed by atoms with Crippen molar-refractivity contribution in [3.05, 3.63) is 194 Å². The van der Waals surface area contributed by atoms with Crippen LogP contribution in [0, 0.1) is 20.5 Å². The Morgan fingerprint density at radius 2 is 0.519 bits per heavy atom. The molecule has 420 valence electrons. The zero-order valence-corrected chi connectivity index (χ0v) is 52.2. The Kier molecular flexibility index (Phi) is 39.2. The van der Waals surface area contributed by atoms with Crippen LogP contribution in [-0.2, 0) is 29.6 Å². The molecule has 8 aromatic rings. The minimum Gasteiger partial charge on any atom is -0.309 e. The van der Waals surface area contributed by atoms with E-state index in [1.807, 2.05) is 182 Å². The topological polar surface area (TPSA) is 276 Å². The third-order valence-corrected chi connectivity index (χ3v) is 14.8. The van der Waals surface area contributed by atoms with Crippen molar-refractivity contribution in [2.75, 3.05) is 0 Å². The Hall–Kier alpha value is -1.40. The van der Waals surface area contributed by atoms with Gasteiger partial charge in [-0.15, -0.1) is 20.5 Å². The van der Waals surface area contributed by atoms with Crippen LogP contribution in [-0.4, -0.2) is 37.6 Å². The minimum atomic E-state index is -4.94. The summed E-state index contributed by atoms with van der Waals surface area (Å²) in [6, 6.07) is 58.2. The molecule has 2 heterocycles. The Morgan fingerprint density at radius 3 is 0.701 bits per heavy atom. The van der Waals surface area contributed by atoms with Crippen molar-refractivity contribution in [3.8, 4) is 22.5 Å². The number of rotatable bonds is 8. The quantitative estimate of drug-likeness (QED) is 0.103. The third-order valence-electron chi connectivity index (χ3n) is 8.52. The van der Waals surface area contributed by atoms with E-state index < -0.39 is 52.0 Å². The first-order valence-corrected chi connectivity index (χ1v) is 31.2. The van der Waals surface area contributed by atoms with E-state index in [9.17, 15) is 9.13 Å². The summed E-state index contributed by atoms with van der Waals surface area (Å²) in [6.07, 6.45) is 3.56. The predicted molar refractivity (Wildman–Crippen MR) is 292 cm³/mol. The second kappa shape index (κ2) is 39.9. The van der Waals surface area contributed by atoms with E-state index in [2.05, 4.69) is 20.4 Å². The van der Waals surface area contributed by atoms with Gasteiger partial charge in [-0.05, 0) is 12.1 Å². The van der Waals surface area contributed by atoms with Crippen molar-refractivity contribution in [2.24, 2.45) is 0 Å². The summed E-state index contributed by atoms with van der Waals surface area (Å²) < 4.78 is 93.9. The maximum atomic E-state index is 14.5. The molecule has 0 saturated heterocycles. The van der Waals surface area contributed by atoms with E-state index in [0.29, 0.717) is 0 Å². The molecule has 77 heavy (non-hydrogen) atoms. The van der Waals surface area contributed by atoms with Crippen molar-refractivity contribution in [1.82, 2.24) is 20.4 Å². The van der Waals surface area contributed by atoms with E-state index in [0.717, 1.165) is 54.3 Å². The van der Waals surface area contributed by atoms with Crippen LogP contribution in [0.15, 0.2) is 194 Å². The molecule has 8 rings (SSSR count). The zero-order chi connectivity index (χ0) is 57.5. The minimum absolute atomic E-state index is 0. The average Bonchev–Trinajstić information content (AvgIpc) is 4.10. The summed E-state index contributed by atoms with van der Waals surface area (Å²) >= 11 is 57.7. The van der Waals surface area contributed by atoms with Crippen molar-refractivity contribution in [1.29, 1.82) is 0 Å². The van der Waals surface area contributed by atoms with Gasteiger partial charge in [0, 0.05) is 55.3 Å². The van der Waals surface area contributed by atoms with Gasteiger partial charge in [0.05, 0.1) is 11.4 Å². The first-order valence-electron chi connectivity index (χ1n) is 20.1. The van der Waals surface area contributed by atoms with Crippen molar-refractivity contribution >= 4 is 185 Å². The molecule has 0 spiro atoms. The number of benzene rings is 6. The monoisotopic (exact) mass is 1460 g/mol. The molecule has 0 atom stereocenters. The normalized spacial score (nSPS) is 10.8. The van der Waals surface area contributed by atoms with Crippen LogP contribution in [0.2, 0.25) is 0 Å². The standard InChI is InChI=1S/2C21H17N2OP.4CHCl3.2ClHO4.Pd/c2*24-25(17-9-3-1-4-10-17,18-11-5-2-6-12-18)21-14-8-7-13-19(21)20-15-16-22-23-20;4*2-1(3)4;2*2-1(3,4)5;/h2*1-16H,(H,22,23);4*1H;2*(H,2,3,4,5);/q;;;;;;;;+2/p-2. The van der Waals surface area contributed by atoms with Crippen molar-refractivity contribution in [2.45, 2.75) is 17.2 Å². The predicted octanol–water partition coefficient (Wildman–Crippen LogP) is 5.86. The largest absolute Gasteiger partial charge is 2.00 e.